The SMILES string of the molecule is CC(C)[C@@H](COCc1ccccc1)NC(=O)C(F)(F)C(O)C(Cc1ccc(OCc2ccccc2)cc1)NC(=O)OC(C)(C)C. The van der Waals surface area contributed by atoms with E-state index in [0.29, 0.717) is 17.9 Å². The zero-order chi connectivity index (χ0) is 33.0. The summed E-state index contributed by atoms with van der Waals surface area (Å²) < 4.78 is 47.9. The van der Waals surface area contributed by atoms with Crippen molar-refractivity contribution in [2.45, 2.75) is 84.0 Å². The molecule has 0 aliphatic rings. The Balaban J connectivity index is 1.70. The number of hydrogen-bond donors (Lipinski definition) is 3. The number of alkyl halides is 2. The molecule has 8 nitrogen and oxygen atoms in total. The van der Waals surface area contributed by atoms with Gasteiger partial charge in [0.25, 0.3) is 5.91 Å². The predicted octanol–water partition coefficient (Wildman–Crippen LogP) is 6.06. The smallest absolute Gasteiger partial charge is 0.407 e. The van der Waals surface area contributed by atoms with Gasteiger partial charge in [0, 0.05) is 0 Å². The van der Waals surface area contributed by atoms with Crippen molar-refractivity contribution in [2.75, 3.05) is 6.61 Å². The fourth-order valence-corrected chi connectivity index (χ4v) is 4.35. The number of carbonyl (C=O) groups excluding carboxylic acids is 2. The van der Waals surface area contributed by atoms with Crippen LogP contribution in [0.4, 0.5) is 13.6 Å². The van der Waals surface area contributed by atoms with Crippen LogP contribution in [0.15, 0.2) is 84.9 Å². The highest BCUT2D eigenvalue weighted by Gasteiger charge is 2.51. The minimum atomic E-state index is -4.26. The lowest BCUT2D eigenvalue weighted by Gasteiger charge is -2.32. The van der Waals surface area contributed by atoms with E-state index in [0.717, 1.165) is 11.1 Å². The van der Waals surface area contributed by atoms with Crippen LogP contribution in [0, 0.1) is 5.92 Å². The Morgan fingerprint density at radius 3 is 1.87 bits per heavy atom. The molecule has 3 atom stereocenters. The summed E-state index contributed by atoms with van der Waals surface area (Å²) in [7, 11) is 0. The number of nitrogens with one attached hydrogen (secondary N) is 2. The third-order valence-electron chi connectivity index (χ3n) is 6.91. The number of alkyl carbamates (subject to hydrolysis) is 1. The largest absolute Gasteiger partial charge is 0.489 e. The summed E-state index contributed by atoms with van der Waals surface area (Å²) in [6.07, 6.45) is -3.78. The van der Waals surface area contributed by atoms with Gasteiger partial charge in [-0.05, 0) is 61.9 Å². The van der Waals surface area contributed by atoms with Gasteiger partial charge in [-0.15, -0.1) is 0 Å². The number of rotatable bonds is 15. The molecule has 2 unspecified atom stereocenters. The zero-order valence-corrected chi connectivity index (χ0v) is 26.5. The molecule has 0 radical (unpaired) electrons. The highest BCUT2D eigenvalue weighted by atomic mass is 19.3. The minimum absolute atomic E-state index is 0.0112. The Bertz CT molecular complexity index is 1330. The molecule has 244 valence electrons. The fourth-order valence-electron chi connectivity index (χ4n) is 4.35. The summed E-state index contributed by atoms with van der Waals surface area (Å²) in [5, 5.41) is 15.6. The van der Waals surface area contributed by atoms with E-state index in [1.807, 2.05) is 60.7 Å². The molecule has 0 aliphatic heterocycles. The number of benzene rings is 3. The third-order valence-corrected chi connectivity index (χ3v) is 6.91. The number of amides is 2. The van der Waals surface area contributed by atoms with E-state index in [1.165, 1.54) is 0 Å². The molecule has 0 aromatic heterocycles. The molecule has 0 heterocycles. The molecule has 3 aromatic carbocycles. The second-order valence-corrected chi connectivity index (χ2v) is 12.3. The first-order valence-electron chi connectivity index (χ1n) is 15.0. The quantitative estimate of drug-likeness (QED) is 0.190. The Kier molecular flexibility index (Phi) is 12.9. The molecule has 0 saturated heterocycles. The summed E-state index contributed by atoms with van der Waals surface area (Å²) in [5.41, 5.74) is 1.49. The second kappa shape index (κ2) is 16.3. The molecular formula is C35H44F2N2O6. The van der Waals surface area contributed by atoms with Gasteiger partial charge in [-0.2, -0.15) is 8.78 Å². The molecule has 0 spiro atoms. The fraction of sp³-hybridized carbons (Fsp3) is 0.429. The molecule has 3 rings (SSSR count). The maximum atomic E-state index is 15.6. The van der Waals surface area contributed by atoms with Gasteiger partial charge in [-0.3, -0.25) is 4.79 Å². The van der Waals surface area contributed by atoms with Crippen LogP contribution in [-0.4, -0.2) is 53.4 Å². The van der Waals surface area contributed by atoms with Gasteiger partial charge < -0.3 is 30.0 Å². The third kappa shape index (κ3) is 11.8. The van der Waals surface area contributed by atoms with E-state index in [1.54, 1.807) is 58.9 Å². The Hall–Kier alpha value is -4.02. The van der Waals surface area contributed by atoms with Gasteiger partial charge in [0.15, 0.2) is 0 Å². The van der Waals surface area contributed by atoms with Gasteiger partial charge in [0.05, 0.1) is 25.3 Å². The molecule has 0 aliphatic carbocycles. The average molecular weight is 627 g/mol. The van der Waals surface area contributed by atoms with E-state index < -0.39 is 41.7 Å². The zero-order valence-electron chi connectivity index (χ0n) is 26.5. The van der Waals surface area contributed by atoms with Gasteiger partial charge in [-0.1, -0.05) is 86.6 Å². The lowest BCUT2D eigenvalue weighted by molar-refractivity contribution is -0.168. The van der Waals surface area contributed by atoms with E-state index in [2.05, 4.69) is 10.6 Å². The highest BCUT2D eigenvalue weighted by molar-refractivity contribution is 5.84. The molecule has 10 heteroatoms. The first kappa shape index (κ1) is 35.5. The Morgan fingerprint density at radius 1 is 0.778 bits per heavy atom. The van der Waals surface area contributed by atoms with Crippen LogP contribution in [0.1, 0.15) is 51.3 Å². The highest BCUT2D eigenvalue weighted by Crippen LogP contribution is 2.26. The van der Waals surface area contributed by atoms with E-state index in [9.17, 15) is 14.7 Å². The standard InChI is InChI=1S/C35H44F2N2O6/c1-24(2)30(23-43-21-26-12-8-6-9-13-26)38-32(41)35(36,37)31(40)29(39-33(42)45-34(3,4)5)20-25-16-18-28(19-17-25)44-22-27-14-10-7-11-15-27/h6-19,24,29-31,40H,20-23H2,1-5H3,(H,38,41)(H,39,42)/t29?,30-,31?/m1/s1. The summed E-state index contributed by atoms with van der Waals surface area (Å²) in [6.45, 7) is 8.99. The molecule has 0 fully saturated rings. The summed E-state index contributed by atoms with van der Waals surface area (Å²) in [6, 6.07) is 23.2. The Morgan fingerprint density at radius 2 is 1.33 bits per heavy atom. The van der Waals surface area contributed by atoms with Crippen molar-refractivity contribution >= 4 is 12.0 Å². The number of aliphatic hydroxyl groups excluding tert-OH is 1. The van der Waals surface area contributed by atoms with Crippen LogP contribution in [-0.2, 0) is 33.9 Å². The number of ether oxygens (including phenoxy) is 3. The molecule has 0 bridgehead atoms. The molecule has 0 saturated carbocycles. The summed E-state index contributed by atoms with van der Waals surface area (Å²) in [4.78, 5) is 25.5. The van der Waals surface area contributed by atoms with Gasteiger partial charge in [-0.25, -0.2) is 4.79 Å². The second-order valence-electron chi connectivity index (χ2n) is 12.3. The normalized spacial score (nSPS) is 13.9. The molecular weight excluding hydrogens is 582 g/mol. The Labute approximate surface area is 264 Å². The first-order valence-corrected chi connectivity index (χ1v) is 15.0. The molecule has 3 aromatic rings. The van der Waals surface area contributed by atoms with Crippen LogP contribution in [0.25, 0.3) is 0 Å². The van der Waals surface area contributed by atoms with Crippen molar-refractivity contribution in [1.29, 1.82) is 0 Å². The minimum Gasteiger partial charge on any atom is -0.489 e. The summed E-state index contributed by atoms with van der Waals surface area (Å²) in [5.74, 6) is -5.61. The van der Waals surface area contributed by atoms with Crippen molar-refractivity contribution in [3.05, 3.63) is 102 Å². The van der Waals surface area contributed by atoms with Crippen molar-refractivity contribution in [3.63, 3.8) is 0 Å². The van der Waals surface area contributed by atoms with Crippen LogP contribution < -0.4 is 15.4 Å². The van der Waals surface area contributed by atoms with Gasteiger partial charge >= 0.3 is 12.0 Å². The number of hydrogen-bond acceptors (Lipinski definition) is 6. The van der Waals surface area contributed by atoms with E-state index in [4.69, 9.17) is 14.2 Å². The van der Waals surface area contributed by atoms with Crippen molar-refractivity contribution in [3.8, 4) is 5.75 Å². The van der Waals surface area contributed by atoms with Crippen LogP contribution in [0.2, 0.25) is 0 Å². The van der Waals surface area contributed by atoms with Crippen molar-refractivity contribution < 1.29 is 37.7 Å². The number of halogens is 2. The first-order chi connectivity index (χ1) is 21.2. The van der Waals surface area contributed by atoms with Crippen LogP contribution >= 0.6 is 0 Å². The maximum absolute atomic E-state index is 15.6. The van der Waals surface area contributed by atoms with Gasteiger partial charge in [0.2, 0.25) is 0 Å². The average Bonchev–Trinajstić information content (AvgIpc) is 2.99. The number of carbonyl (C=O) groups is 2. The molecule has 3 N–H and O–H groups in total. The van der Waals surface area contributed by atoms with Crippen molar-refractivity contribution in [1.82, 2.24) is 10.6 Å². The van der Waals surface area contributed by atoms with Crippen LogP contribution in [0.3, 0.4) is 0 Å². The predicted molar refractivity (Wildman–Crippen MR) is 168 cm³/mol. The maximum Gasteiger partial charge on any atom is 0.407 e. The lowest BCUT2D eigenvalue weighted by atomic mass is 9.96. The van der Waals surface area contributed by atoms with Crippen molar-refractivity contribution in [2.24, 2.45) is 5.92 Å². The summed E-state index contributed by atoms with van der Waals surface area (Å²) >= 11 is 0. The van der Waals surface area contributed by atoms with Gasteiger partial charge in [0.1, 0.15) is 24.1 Å². The number of aliphatic hydroxyl groups is 1. The van der Waals surface area contributed by atoms with Crippen LogP contribution in [0.5, 0.6) is 5.75 Å². The van der Waals surface area contributed by atoms with E-state index in [-0.39, 0.29) is 25.6 Å². The topological polar surface area (TPSA) is 106 Å². The molecule has 2 amide bonds. The lowest BCUT2D eigenvalue weighted by Crippen LogP contribution is -2.60. The monoisotopic (exact) mass is 626 g/mol. The van der Waals surface area contributed by atoms with E-state index >= 15 is 8.78 Å². The molecule has 45 heavy (non-hydrogen) atoms.